The van der Waals surface area contributed by atoms with Crippen LogP contribution in [-0.2, 0) is 23.3 Å². The number of rotatable bonds is 5. The molecule has 108 valence electrons. The van der Waals surface area contributed by atoms with E-state index in [4.69, 9.17) is 0 Å². The summed E-state index contributed by atoms with van der Waals surface area (Å²) in [5.74, 6) is 0.113. The van der Waals surface area contributed by atoms with Crippen LogP contribution >= 0.6 is 0 Å². The molecule has 1 aromatic carbocycles. The van der Waals surface area contributed by atoms with E-state index in [1.165, 1.54) is 0 Å². The highest BCUT2D eigenvalue weighted by atomic mass is 32.2. The zero-order valence-corrected chi connectivity index (χ0v) is 12.7. The quantitative estimate of drug-likeness (QED) is 0.920. The fourth-order valence-electron chi connectivity index (χ4n) is 1.97. The van der Waals surface area contributed by atoms with Gasteiger partial charge in [-0.3, -0.25) is 4.68 Å². The summed E-state index contributed by atoms with van der Waals surface area (Å²) in [7, 11) is -1.26. The van der Waals surface area contributed by atoms with Crippen LogP contribution in [0.1, 0.15) is 19.5 Å². The average Bonchev–Trinajstić information content (AvgIpc) is 2.79. The van der Waals surface area contributed by atoms with Crippen LogP contribution in [0.2, 0.25) is 0 Å². The number of benzene rings is 1. The minimum absolute atomic E-state index is 0.113. The molecule has 0 bridgehead atoms. The van der Waals surface area contributed by atoms with Gasteiger partial charge >= 0.3 is 0 Å². The molecule has 0 fully saturated rings. The van der Waals surface area contributed by atoms with Crippen molar-refractivity contribution < 1.29 is 8.42 Å². The van der Waals surface area contributed by atoms with Crippen LogP contribution in [0.5, 0.6) is 0 Å². The molecule has 2 rings (SSSR count). The summed E-state index contributed by atoms with van der Waals surface area (Å²) in [5.41, 5.74) is 2.78. The number of hydrogen-bond acceptors (Lipinski definition) is 4. The van der Waals surface area contributed by atoms with Crippen LogP contribution in [0.4, 0.5) is 11.4 Å². The molecule has 0 saturated heterocycles. The first-order chi connectivity index (χ1) is 9.46. The summed E-state index contributed by atoms with van der Waals surface area (Å²) >= 11 is 0. The van der Waals surface area contributed by atoms with Gasteiger partial charge in [-0.05, 0) is 30.7 Å². The van der Waals surface area contributed by atoms with E-state index < -0.39 is 9.84 Å². The molecule has 0 aliphatic heterocycles. The molecule has 5 nitrogen and oxygen atoms in total. The van der Waals surface area contributed by atoms with E-state index in [9.17, 15) is 8.42 Å². The number of anilines is 2. The largest absolute Gasteiger partial charge is 0.353 e. The highest BCUT2D eigenvalue weighted by Gasteiger charge is 2.11. The lowest BCUT2D eigenvalue weighted by molar-refractivity contribution is 0.597. The molecule has 0 unspecified atom stereocenters. The first-order valence-corrected chi connectivity index (χ1v) is 8.24. The third-order valence-corrected chi connectivity index (χ3v) is 4.86. The van der Waals surface area contributed by atoms with E-state index in [-0.39, 0.29) is 5.75 Å². The van der Waals surface area contributed by atoms with Gasteiger partial charge in [0.15, 0.2) is 9.84 Å². The Morgan fingerprint density at radius 1 is 1.20 bits per heavy atom. The third-order valence-electron chi connectivity index (χ3n) is 3.11. The van der Waals surface area contributed by atoms with Crippen LogP contribution in [0, 0.1) is 0 Å². The summed E-state index contributed by atoms with van der Waals surface area (Å²) in [5, 5.41) is 7.62. The Balaban J connectivity index is 2.23. The van der Waals surface area contributed by atoms with Crippen molar-refractivity contribution >= 4 is 21.2 Å². The van der Waals surface area contributed by atoms with Crippen LogP contribution < -0.4 is 5.32 Å². The lowest BCUT2D eigenvalue weighted by atomic mass is 10.2. The second-order valence-electron chi connectivity index (χ2n) is 4.57. The first kappa shape index (κ1) is 14.6. The Morgan fingerprint density at radius 3 is 2.40 bits per heavy atom. The highest BCUT2D eigenvalue weighted by molar-refractivity contribution is 7.91. The Morgan fingerprint density at radius 2 is 1.85 bits per heavy atom. The van der Waals surface area contributed by atoms with Crippen LogP contribution in [-0.4, -0.2) is 24.0 Å². The molecule has 0 amide bonds. The summed E-state index contributed by atoms with van der Waals surface area (Å²) in [6.45, 7) is 3.69. The van der Waals surface area contributed by atoms with E-state index in [0.29, 0.717) is 4.90 Å². The minimum Gasteiger partial charge on any atom is -0.353 e. The van der Waals surface area contributed by atoms with E-state index in [1.54, 1.807) is 35.9 Å². The summed E-state index contributed by atoms with van der Waals surface area (Å²) in [4.78, 5) is 0.354. The Kier molecular flexibility index (Phi) is 4.13. The molecule has 1 N–H and O–H groups in total. The monoisotopic (exact) mass is 293 g/mol. The molecule has 0 aliphatic rings. The first-order valence-electron chi connectivity index (χ1n) is 6.58. The maximum atomic E-state index is 11.7. The number of sulfone groups is 1. The minimum atomic E-state index is -3.14. The van der Waals surface area contributed by atoms with Crippen molar-refractivity contribution in [3.05, 3.63) is 36.2 Å². The van der Waals surface area contributed by atoms with Crippen LogP contribution in [0.3, 0.4) is 0 Å². The van der Waals surface area contributed by atoms with Gasteiger partial charge in [0, 0.05) is 18.9 Å². The summed E-state index contributed by atoms with van der Waals surface area (Å²) in [6.07, 6.45) is 2.75. The average molecular weight is 293 g/mol. The van der Waals surface area contributed by atoms with Crippen LogP contribution in [0.15, 0.2) is 35.4 Å². The van der Waals surface area contributed by atoms with Crippen LogP contribution in [0.25, 0.3) is 0 Å². The van der Waals surface area contributed by atoms with E-state index >= 15 is 0 Å². The Labute approximate surface area is 119 Å². The van der Waals surface area contributed by atoms with Crippen molar-refractivity contribution in [3.63, 3.8) is 0 Å². The number of aryl methyl sites for hydroxylation is 2. The summed E-state index contributed by atoms with van der Waals surface area (Å²) in [6, 6.07) is 6.80. The second-order valence-corrected chi connectivity index (χ2v) is 6.85. The molecule has 0 radical (unpaired) electrons. The van der Waals surface area contributed by atoms with Crippen molar-refractivity contribution in [1.29, 1.82) is 0 Å². The molecular weight excluding hydrogens is 274 g/mol. The molecule has 0 saturated carbocycles. The fraction of sp³-hybridized carbons (Fsp3) is 0.357. The normalized spacial score (nSPS) is 11.6. The molecule has 6 heteroatoms. The highest BCUT2D eigenvalue weighted by Crippen LogP contribution is 2.22. The maximum Gasteiger partial charge on any atom is 0.178 e. The molecule has 0 spiro atoms. The van der Waals surface area contributed by atoms with E-state index in [0.717, 1.165) is 23.5 Å². The predicted octanol–water partition coefficient (Wildman–Crippen LogP) is 2.52. The van der Waals surface area contributed by atoms with Crippen molar-refractivity contribution in [2.75, 3.05) is 11.1 Å². The van der Waals surface area contributed by atoms with Gasteiger partial charge in [-0.15, -0.1) is 0 Å². The van der Waals surface area contributed by atoms with E-state index in [2.05, 4.69) is 10.4 Å². The maximum absolute atomic E-state index is 11.7. The van der Waals surface area contributed by atoms with Crippen molar-refractivity contribution in [2.45, 2.75) is 25.2 Å². The van der Waals surface area contributed by atoms with E-state index in [1.807, 2.05) is 20.2 Å². The fourth-order valence-corrected chi connectivity index (χ4v) is 2.85. The van der Waals surface area contributed by atoms with Gasteiger partial charge < -0.3 is 5.32 Å². The number of nitrogens with one attached hydrogen (secondary N) is 1. The number of hydrogen-bond donors (Lipinski definition) is 1. The van der Waals surface area contributed by atoms with Crippen molar-refractivity contribution in [2.24, 2.45) is 7.05 Å². The Hall–Kier alpha value is -1.82. The topological polar surface area (TPSA) is 64.0 Å². The molecular formula is C14H19N3O2S. The SMILES string of the molecule is CCc1nn(C)cc1Nc1ccc(S(=O)(=O)CC)cc1. The van der Waals surface area contributed by atoms with Crippen molar-refractivity contribution in [3.8, 4) is 0 Å². The zero-order chi connectivity index (χ0) is 14.8. The second kappa shape index (κ2) is 5.66. The molecule has 1 heterocycles. The lowest BCUT2D eigenvalue weighted by Gasteiger charge is -2.07. The standard InChI is InChI=1S/C14H19N3O2S/c1-4-13-14(10-17(3)16-13)15-11-6-8-12(9-7-11)20(18,19)5-2/h6-10,15H,4-5H2,1-3H3. The van der Waals surface area contributed by atoms with Gasteiger partial charge in [0.25, 0.3) is 0 Å². The number of aromatic nitrogens is 2. The lowest BCUT2D eigenvalue weighted by Crippen LogP contribution is -2.03. The molecule has 20 heavy (non-hydrogen) atoms. The van der Waals surface area contributed by atoms with Gasteiger partial charge in [-0.25, -0.2) is 8.42 Å². The molecule has 1 aromatic heterocycles. The smallest absolute Gasteiger partial charge is 0.178 e. The molecule has 0 aliphatic carbocycles. The van der Waals surface area contributed by atoms with Gasteiger partial charge in [-0.2, -0.15) is 5.10 Å². The van der Waals surface area contributed by atoms with Gasteiger partial charge in [0.1, 0.15) is 0 Å². The molecule has 0 atom stereocenters. The zero-order valence-electron chi connectivity index (χ0n) is 11.9. The van der Waals surface area contributed by atoms with Gasteiger partial charge in [-0.1, -0.05) is 13.8 Å². The van der Waals surface area contributed by atoms with Gasteiger partial charge in [0.2, 0.25) is 0 Å². The van der Waals surface area contributed by atoms with Gasteiger partial charge in [0.05, 0.1) is 22.0 Å². The molecule has 2 aromatic rings. The third kappa shape index (κ3) is 3.01. The Bertz CT molecular complexity index is 688. The number of nitrogens with zero attached hydrogens (tertiary/aromatic N) is 2. The summed E-state index contributed by atoms with van der Waals surface area (Å²) < 4.78 is 25.2. The van der Waals surface area contributed by atoms with Crippen molar-refractivity contribution in [1.82, 2.24) is 9.78 Å². The predicted molar refractivity (Wildman–Crippen MR) is 80.0 cm³/mol.